The van der Waals surface area contributed by atoms with Gasteiger partial charge in [-0.25, -0.2) is 9.18 Å². The van der Waals surface area contributed by atoms with Crippen molar-refractivity contribution in [2.75, 3.05) is 45.2 Å². The molecule has 2 N–H and O–H groups in total. The number of piperazine rings is 1. The van der Waals surface area contributed by atoms with Gasteiger partial charge in [0, 0.05) is 31.9 Å². The molecule has 10 heteroatoms. The van der Waals surface area contributed by atoms with Crippen molar-refractivity contribution < 1.29 is 28.2 Å². The summed E-state index contributed by atoms with van der Waals surface area (Å²) in [6.45, 7) is 4.24. The third kappa shape index (κ3) is 5.43. The number of benzene rings is 2. The number of carbonyl (C=O) groups excluding carboxylic acids is 3. The highest BCUT2D eigenvalue weighted by molar-refractivity contribution is 5.96. The molecule has 0 aromatic heterocycles. The third-order valence-electron chi connectivity index (χ3n) is 6.58. The van der Waals surface area contributed by atoms with Crippen molar-refractivity contribution in [1.29, 1.82) is 0 Å². The Bertz CT molecular complexity index is 1070. The summed E-state index contributed by atoms with van der Waals surface area (Å²) in [6, 6.07) is 10.3. The molecule has 2 aromatic carbocycles. The average molecular weight is 499 g/mol. The Balaban J connectivity index is 1.73. The lowest BCUT2D eigenvalue weighted by molar-refractivity contribution is -0.148. The Morgan fingerprint density at radius 2 is 1.72 bits per heavy atom. The van der Waals surface area contributed by atoms with Crippen LogP contribution in [0.5, 0.6) is 5.75 Å². The number of amides is 3. The minimum absolute atomic E-state index is 0.134. The van der Waals surface area contributed by atoms with Crippen LogP contribution in [0.2, 0.25) is 0 Å². The van der Waals surface area contributed by atoms with Gasteiger partial charge in [-0.1, -0.05) is 12.1 Å². The van der Waals surface area contributed by atoms with Gasteiger partial charge in [0.15, 0.2) is 0 Å². The third-order valence-corrected chi connectivity index (χ3v) is 6.58. The van der Waals surface area contributed by atoms with E-state index in [9.17, 15) is 18.8 Å². The topological polar surface area (TPSA) is 100 Å². The second-order valence-electron chi connectivity index (χ2n) is 8.75. The van der Waals surface area contributed by atoms with Crippen molar-refractivity contribution in [1.82, 2.24) is 15.1 Å². The van der Waals surface area contributed by atoms with Crippen molar-refractivity contribution in [2.45, 2.75) is 25.4 Å². The van der Waals surface area contributed by atoms with Crippen LogP contribution in [0.15, 0.2) is 48.5 Å². The van der Waals surface area contributed by atoms with E-state index in [1.807, 2.05) is 0 Å². The molecule has 0 bridgehead atoms. The van der Waals surface area contributed by atoms with Crippen LogP contribution in [0.1, 0.15) is 24.9 Å². The summed E-state index contributed by atoms with van der Waals surface area (Å²) in [5.41, 5.74) is 1.06. The Morgan fingerprint density at radius 1 is 1.06 bits per heavy atom. The molecule has 9 nitrogen and oxygen atoms in total. The highest BCUT2D eigenvalue weighted by atomic mass is 19.1. The average Bonchev–Trinajstić information content (AvgIpc) is 3.31. The number of anilines is 1. The number of ether oxygens (including phenoxy) is 2. The van der Waals surface area contributed by atoms with Crippen LogP contribution in [0.4, 0.5) is 14.9 Å². The summed E-state index contributed by atoms with van der Waals surface area (Å²) >= 11 is 0. The number of carbonyl (C=O) groups is 3. The first-order chi connectivity index (χ1) is 17.4. The molecule has 36 heavy (non-hydrogen) atoms. The first-order valence-electron chi connectivity index (χ1n) is 12.1. The summed E-state index contributed by atoms with van der Waals surface area (Å²) in [7, 11) is 1.55. The van der Waals surface area contributed by atoms with Gasteiger partial charge in [-0.05, 0) is 55.3 Å². The Kier molecular flexibility index (Phi) is 8.04. The second-order valence-corrected chi connectivity index (χ2v) is 8.75. The van der Waals surface area contributed by atoms with E-state index in [4.69, 9.17) is 9.47 Å². The SMILES string of the molecule is CCOC(=O)C1CC(C(=O)N2CCNCC2)N(C(=O)Nc2ccc(F)cc2)C1c1ccc(OC)cc1. The van der Waals surface area contributed by atoms with E-state index in [1.165, 1.54) is 29.2 Å². The molecule has 0 spiro atoms. The molecule has 3 amide bonds. The van der Waals surface area contributed by atoms with Gasteiger partial charge in [-0.3, -0.25) is 9.59 Å². The van der Waals surface area contributed by atoms with Gasteiger partial charge in [-0.2, -0.15) is 0 Å². The summed E-state index contributed by atoms with van der Waals surface area (Å²) in [4.78, 5) is 43.6. The Hall–Kier alpha value is -3.66. The molecule has 3 atom stereocenters. The number of nitrogens with one attached hydrogen (secondary N) is 2. The molecule has 4 rings (SSSR count). The maximum atomic E-state index is 13.7. The lowest BCUT2D eigenvalue weighted by Gasteiger charge is -2.35. The molecule has 2 aliphatic rings. The number of likely N-dealkylation sites (tertiary alicyclic amines) is 1. The minimum Gasteiger partial charge on any atom is -0.497 e. The van der Waals surface area contributed by atoms with Gasteiger partial charge in [0.2, 0.25) is 5.91 Å². The number of hydrogen-bond acceptors (Lipinski definition) is 6. The zero-order valence-corrected chi connectivity index (χ0v) is 20.4. The molecular formula is C26H31FN4O5. The number of rotatable bonds is 6. The van der Waals surface area contributed by atoms with Crippen LogP contribution in [0.3, 0.4) is 0 Å². The van der Waals surface area contributed by atoms with Gasteiger partial charge in [-0.15, -0.1) is 0 Å². The molecular weight excluding hydrogens is 467 g/mol. The lowest BCUT2D eigenvalue weighted by Crippen LogP contribution is -2.54. The van der Waals surface area contributed by atoms with Gasteiger partial charge in [0.25, 0.3) is 0 Å². The normalized spacial score (nSPS) is 21.7. The summed E-state index contributed by atoms with van der Waals surface area (Å²) in [5.74, 6) is -1.22. The molecule has 0 radical (unpaired) electrons. The molecule has 0 aliphatic carbocycles. The standard InChI is InChI=1S/C26H31FN4O5/c1-3-36-25(33)21-16-22(24(32)30-14-12-28-13-15-30)31(23(21)17-4-10-20(35-2)11-5-17)26(34)29-19-8-6-18(27)7-9-19/h4-11,21-23,28H,3,12-16H2,1-2H3,(H,29,34). The lowest BCUT2D eigenvalue weighted by atomic mass is 9.93. The summed E-state index contributed by atoms with van der Waals surface area (Å²) in [5, 5.41) is 5.99. The predicted molar refractivity (Wildman–Crippen MR) is 131 cm³/mol. The smallest absolute Gasteiger partial charge is 0.323 e. The van der Waals surface area contributed by atoms with Crippen LogP contribution in [0.25, 0.3) is 0 Å². The van der Waals surface area contributed by atoms with E-state index >= 15 is 0 Å². The van der Waals surface area contributed by atoms with Crippen LogP contribution in [-0.2, 0) is 14.3 Å². The number of methoxy groups -OCH3 is 1. The fraction of sp³-hybridized carbons (Fsp3) is 0.423. The van der Waals surface area contributed by atoms with E-state index in [0.717, 1.165) is 0 Å². The molecule has 3 unspecified atom stereocenters. The number of urea groups is 1. The summed E-state index contributed by atoms with van der Waals surface area (Å²) in [6.07, 6.45) is 0.134. The van der Waals surface area contributed by atoms with Crippen molar-refractivity contribution >= 4 is 23.6 Å². The van der Waals surface area contributed by atoms with E-state index in [2.05, 4.69) is 10.6 Å². The van der Waals surface area contributed by atoms with Crippen molar-refractivity contribution in [3.8, 4) is 5.75 Å². The van der Waals surface area contributed by atoms with Crippen molar-refractivity contribution in [3.05, 3.63) is 59.9 Å². The molecule has 2 fully saturated rings. The molecule has 2 saturated heterocycles. The maximum absolute atomic E-state index is 13.7. The van der Waals surface area contributed by atoms with E-state index in [0.29, 0.717) is 43.2 Å². The minimum atomic E-state index is -0.870. The Labute approximate surface area is 209 Å². The van der Waals surface area contributed by atoms with Crippen LogP contribution >= 0.6 is 0 Å². The monoisotopic (exact) mass is 498 g/mol. The first kappa shape index (κ1) is 25.4. The number of nitrogens with zero attached hydrogens (tertiary/aromatic N) is 2. The molecule has 2 heterocycles. The van der Waals surface area contributed by atoms with E-state index < -0.39 is 35.8 Å². The van der Waals surface area contributed by atoms with Crippen LogP contribution in [0, 0.1) is 11.7 Å². The quantitative estimate of drug-likeness (QED) is 0.595. The van der Waals surface area contributed by atoms with E-state index in [1.54, 1.807) is 43.2 Å². The van der Waals surface area contributed by atoms with Gasteiger partial charge in [0.05, 0.1) is 25.7 Å². The Morgan fingerprint density at radius 3 is 2.33 bits per heavy atom. The molecule has 2 aromatic rings. The van der Waals surface area contributed by atoms with Crippen molar-refractivity contribution in [3.63, 3.8) is 0 Å². The predicted octanol–water partition coefficient (Wildman–Crippen LogP) is 2.79. The zero-order chi connectivity index (χ0) is 25.7. The van der Waals surface area contributed by atoms with Gasteiger partial charge >= 0.3 is 12.0 Å². The van der Waals surface area contributed by atoms with Crippen LogP contribution in [-0.4, -0.2) is 73.6 Å². The van der Waals surface area contributed by atoms with Crippen molar-refractivity contribution in [2.24, 2.45) is 5.92 Å². The summed E-state index contributed by atoms with van der Waals surface area (Å²) < 4.78 is 24.0. The zero-order valence-electron chi connectivity index (χ0n) is 20.4. The highest BCUT2D eigenvalue weighted by Gasteiger charge is 2.52. The maximum Gasteiger partial charge on any atom is 0.323 e. The fourth-order valence-corrected chi connectivity index (χ4v) is 4.84. The molecule has 2 aliphatic heterocycles. The molecule has 0 saturated carbocycles. The number of hydrogen-bond donors (Lipinski definition) is 2. The second kappa shape index (κ2) is 11.4. The largest absolute Gasteiger partial charge is 0.497 e. The number of halogens is 1. The first-order valence-corrected chi connectivity index (χ1v) is 12.1. The number of esters is 1. The highest BCUT2D eigenvalue weighted by Crippen LogP contribution is 2.43. The van der Waals surface area contributed by atoms with Crippen LogP contribution < -0.4 is 15.4 Å². The fourth-order valence-electron chi connectivity index (χ4n) is 4.84. The van der Waals surface area contributed by atoms with Gasteiger partial charge in [0.1, 0.15) is 17.6 Å². The van der Waals surface area contributed by atoms with Gasteiger partial charge < -0.3 is 29.9 Å². The van der Waals surface area contributed by atoms with E-state index in [-0.39, 0.29) is 18.9 Å². The molecule has 192 valence electrons.